The van der Waals surface area contributed by atoms with Gasteiger partial charge in [0, 0.05) is 34.0 Å². The van der Waals surface area contributed by atoms with Crippen LogP contribution >= 0.6 is 0 Å². The van der Waals surface area contributed by atoms with Crippen LogP contribution in [-0.4, -0.2) is 0 Å². The van der Waals surface area contributed by atoms with Crippen LogP contribution in [0.4, 0.5) is 45.5 Å². The van der Waals surface area contributed by atoms with Crippen LogP contribution in [0.3, 0.4) is 0 Å². The van der Waals surface area contributed by atoms with E-state index in [1.807, 2.05) is 24.3 Å². The molecule has 10 aromatic carbocycles. The molecular formula is C54H37N3O. The molecule has 10 aromatic rings. The average molecular weight is 744 g/mol. The number of hydrogen-bond donors (Lipinski definition) is 1. The molecule has 274 valence electrons. The summed E-state index contributed by atoms with van der Waals surface area (Å²) in [4.78, 5) is 4.66. The molecular weight excluding hydrogens is 707 g/mol. The molecule has 0 unspecified atom stereocenters. The summed E-state index contributed by atoms with van der Waals surface area (Å²) in [5.74, 6) is 1.67. The number of para-hydroxylation sites is 5. The van der Waals surface area contributed by atoms with E-state index in [-0.39, 0.29) is 0 Å². The quantitative estimate of drug-likeness (QED) is 0.165. The maximum Gasteiger partial charge on any atom is 0.151 e. The molecule has 0 spiro atoms. The summed E-state index contributed by atoms with van der Waals surface area (Å²) in [5.41, 5.74) is 10.5. The molecule has 11 rings (SSSR count). The van der Waals surface area contributed by atoms with Crippen molar-refractivity contribution in [2.45, 2.75) is 0 Å². The summed E-state index contributed by atoms with van der Waals surface area (Å²) >= 11 is 0. The van der Waals surface area contributed by atoms with E-state index in [0.29, 0.717) is 0 Å². The fourth-order valence-corrected chi connectivity index (χ4v) is 8.61. The van der Waals surface area contributed by atoms with Crippen LogP contribution in [-0.2, 0) is 0 Å². The molecule has 0 aliphatic carbocycles. The van der Waals surface area contributed by atoms with Gasteiger partial charge in [-0.1, -0.05) is 133 Å². The van der Waals surface area contributed by atoms with Gasteiger partial charge in [-0.2, -0.15) is 0 Å². The first-order valence-electron chi connectivity index (χ1n) is 19.7. The molecule has 4 heteroatoms. The van der Waals surface area contributed by atoms with E-state index < -0.39 is 0 Å². The molecule has 0 saturated carbocycles. The fraction of sp³-hybridized carbons (Fsp3) is 0. The highest BCUT2D eigenvalue weighted by Gasteiger charge is 2.26. The molecule has 0 amide bonds. The number of rotatable bonds is 7. The maximum absolute atomic E-state index is 6.28. The SMILES string of the molecule is c1ccc(-c2c(Nc3ccc(N4c5ccccc5Oc5ccccc54)cc3)cccc2N(c2ccccc2)c2ccc3c4ccccc4c4ccccc4c3c2)cc1. The van der Waals surface area contributed by atoms with Crippen molar-refractivity contribution >= 4 is 77.8 Å². The highest BCUT2D eigenvalue weighted by molar-refractivity contribution is 6.25. The molecule has 1 heterocycles. The van der Waals surface area contributed by atoms with E-state index >= 15 is 0 Å². The van der Waals surface area contributed by atoms with Gasteiger partial charge in [0.2, 0.25) is 0 Å². The van der Waals surface area contributed by atoms with Gasteiger partial charge in [0.25, 0.3) is 0 Å². The number of hydrogen-bond acceptors (Lipinski definition) is 4. The van der Waals surface area contributed by atoms with Crippen LogP contribution < -0.4 is 19.9 Å². The Morgan fingerprint density at radius 2 is 0.931 bits per heavy atom. The van der Waals surface area contributed by atoms with Gasteiger partial charge in [-0.25, -0.2) is 0 Å². The number of ether oxygens (including phenoxy) is 1. The Balaban J connectivity index is 1.05. The van der Waals surface area contributed by atoms with Crippen LogP contribution in [0.2, 0.25) is 0 Å². The predicted octanol–water partition coefficient (Wildman–Crippen LogP) is 15.6. The number of nitrogens with zero attached hydrogens (tertiary/aromatic N) is 2. The Morgan fingerprint density at radius 3 is 1.57 bits per heavy atom. The number of benzene rings is 10. The minimum atomic E-state index is 0.837. The third-order valence-electron chi connectivity index (χ3n) is 11.2. The average Bonchev–Trinajstić information content (AvgIpc) is 3.29. The second-order valence-corrected chi connectivity index (χ2v) is 14.6. The Labute approximate surface area is 337 Å². The lowest BCUT2D eigenvalue weighted by molar-refractivity contribution is 0.477. The zero-order chi connectivity index (χ0) is 38.4. The normalized spacial score (nSPS) is 11.9. The minimum absolute atomic E-state index is 0.837. The third-order valence-corrected chi connectivity index (χ3v) is 11.2. The van der Waals surface area contributed by atoms with Crippen LogP contribution in [0.15, 0.2) is 218 Å². The van der Waals surface area contributed by atoms with Crippen molar-refractivity contribution in [3.63, 3.8) is 0 Å². The molecule has 1 N–H and O–H groups in total. The number of anilines is 8. The van der Waals surface area contributed by atoms with E-state index in [0.717, 1.165) is 68.1 Å². The topological polar surface area (TPSA) is 27.7 Å². The van der Waals surface area contributed by atoms with Crippen molar-refractivity contribution in [3.8, 4) is 22.6 Å². The maximum atomic E-state index is 6.28. The van der Waals surface area contributed by atoms with Gasteiger partial charge < -0.3 is 19.9 Å². The Morgan fingerprint density at radius 1 is 0.397 bits per heavy atom. The van der Waals surface area contributed by atoms with Crippen molar-refractivity contribution in [3.05, 3.63) is 218 Å². The lowest BCUT2D eigenvalue weighted by Gasteiger charge is -2.32. The van der Waals surface area contributed by atoms with Gasteiger partial charge in [0.1, 0.15) is 0 Å². The molecule has 0 aromatic heterocycles. The Hall–Kier alpha value is -7.82. The van der Waals surface area contributed by atoms with Crippen LogP contribution in [0, 0.1) is 0 Å². The monoisotopic (exact) mass is 743 g/mol. The summed E-state index contributed by atoms with van der Waals surface area (Å²) in [6.07, 6.45) is 0. The first-order valence-corrected chi connectivity index (χ1v) is 19.7. The van der Waals surface area contributed by atoms with Crippen molar-refractivity contribution in [2.24, 2.45) is 0 Å². The second kappa shape index (κ2) is 14.0. The lowest BCUT2D eigenvalue weighted by atomic mass is 9.93. The molecule has 0 radical (unpaired) electrons. The molecule has 1 aliphatic heterocycles. The second-order valence-electron chi connectivity index (χ2n) is 14.6. The Kier molecular flexibility index (Phi) is 8.11. The van der Waals surface area contributed by atoms with E-state index in [4.69, 9.17) is 4.74 Å². The molecule has 0 atom stereocenters. The molecule has 0 bridgehead atoms. The molecule has 58 heavy (non-hydrogen) atoms. The zero-order valence-corrected chi connectivity index (χ0v) is 31.6. The summed E-state index contributed by atoms with van der Waals surface area (Å²) in [6.45, 7) is 0. The van der Waals surface area contributed by atoms with E-state index in [2.05, 4.69) is 209 Å². The summed E-state index contributed by atoms with van der Waals surface area (Å²) in [5, 5.41) is 11.4. The smallest absolute Gasteiger partial charge is 0.151 e. The van der Waals surface area contributed by atoms with Gasteiger partial charge in [0.15, 0.2) is 11.5 Å². The number of fused-ring (bicyclic) bond motifs is 8. The summed E-state index contributed by atoms with van der Waals surface area (Å²) < 4.78 is 6.28. The van der Waals surface area contributed by atoms with E-state index in [1.54, 1.807) is 0 Å². The number of nitrogens with one attached hydrogen (secondary N) is 1. The zero-order valence-electron chi connectivity index (χ0n) is 31.6. The first-order chi connectivity index (χ1) is 28.8. The molecule has 4 nitrogen and oxygen atoms in total. The van der Waals surface area contributed by atoms with Gasteiger partial charge in [0.05, 0.1) is 17.1 Å². The summed E-state index contributed by atoms with van der Waals surface area (Å²) in [7, 11) is 0. The molecule has 0 saturated heterocycles. The fourth-order valence-electron chi connectivity index (χ4n) is 8.61. The first kappa shape index (κ1) is 33.5. The predicted molar refractivity (Wildman–Crippen MR) is 244 cm³/mol. The van der Waals surface area contributed by atoms with Crippen molar-refractivity contribution in [1.82, 2.24) is 0 Å². The van der Waals surface area contributed by atoms with Crippen LogP contribution in [0.1, 0.15) is 0 Å². The van der Waals surface area contributed by atoms with Gasteiger partial charge in [-0.3, -0.25) is 0 Å². The van der Waals surface area contributed by atoms with Crippen molar-refractivity contribution in [2.75, 3.05) is 15.1 Å². The van der Waals surface area contributed by atoms with Gasteiger partial charge in [-0.15, -0.1) is 0 Å². The van der Waals surface area contributed by atoms with E-state index in [9.17, 15) is 0 Å². The summed E-state index contributed by atoms with van der Waals surface area (Å²) in [6, 6.07) is 77.5. The van der Waals surface area contributed by atoms with Crippen molar-refractivity contribution in [1.29, 1.82) is 0 Å². The Bertz CT molecular complexity index is 3040. The highest BCUT2D eigenvalue weighted by Crippen LogP contribution is 2.51. The van der Waals surface area contributed by atoms with E-state index in [1.165, 1.54) is 32.3 Å². The molecule has 0 fully saturated rings. The van der Waals surface area contributed by atoms with Gasteiger partial charge in [-0.05, 0) is 123 Å². The van der Waals surface area contributed by atoms with Crippen LogP contribution in [0.5, 0.6) is 11.5 Å². The highest BCUT2D eigenvalue weighted by atomic mass is 16.5. The van der Waals surface area contributed by atoms with Gasteiger partial charge >= 0.3 is 0 Å². The standard InChI is InChI=1S/C54H37N3O/c1-3-16-37(17-4-1)54-48(55-38-30-32-40(33-31-38)57-49-25-11-13-28-52(49)58-53-29-14-12-26-50(53)57)24-15-27-51(54)56(39-18-5-2-6-19-39)41-34-35-46-44-22-8-7-20-42(44)43-21-9-10-23-45(43)47(46)36-41/h1-36,55H. The largest absolute Gasteiger partial charge is 0.453 e. The molecule has 1 aliphatic rings. The van der Waals surface area contributed by atoms with Crippen molar-refractivity contribution < 1.29 is 4.74 Å². The third kappa shape index (κ3) is 5.70. The minimum Gasteiger partial charge on any atom is -0.453 e. The lowest BCUT2D eigenvalue weighted by Crippen LogP contribution is -2.15. The van der Waals surface area contributed by atoms with Crippen LogP contribution in [0.25, 0.3) is 43.4 Å².